The summed E-state index contributed by atoms with van der Waals surface area (Å²) in [6, 6.07) is 17.0. The van der Waals surface area contributed by atoms with Gasteiger partial charge in [-0.05, 0) is 67.0 Å². The number of carbonyl (C=O) groups is 6. The lowest BCUT2D eigenvalue weighted by atomic mass is 9.44. The first-order valence-corrected chi connectivity index (χ1v) is 21.2. The van der Waals surface area contributed by atoms with E-state index in [2.05, 4.69) is 5.32 Å². The van der Waals surface area contributed by atoms with Crippen LogP contribution in [0.2, 0.25) is 0 Å². The fourth-order valence-corrected chi connectivity index (χ4v) is 10.4. The molecule has 4 N–H and O–H groups in total. The highest BCUT2D eigenvalue weighted by Gasteiger charge is 2.78. The molecule has 1 heterocycles. The summed E-state index contributed by atoms with van der Waals surface area (Å²) in [5, 5.41) is 40.0. The van der Waals surface area contributed by atoms with Gasteiger partial charge >= 0.3 is 30.1 Å². The topological polar surface area (TPSA) is 221 Å². The predicted octanol–water partition coefficient (Wildman–Crippen LogP) is 4.75. The van der Waals surface area contributed by atoms with Gasteiger partial charge in [0, 0.05) is 37.7 Å². The quantitative estimate of drug-likeness (QED) is 0.123. The fourth-order valence-electron chi connectivity index (χ4n) is 10.4. The minimum absolute atomic E-state index is 0.0187. The molecule has 1 amide bonds. The zero-order valence-corrected chi connectivity index (χ0v) is 36.8. The summed E-state index contributed by atoms with van der Waals surface area (Å²) in [6.07, 6.45) is -15.9. The van der Waals surface area contributed by atoms with E-state index < -0.39 is 124 Å². The number of aliphatic hydroxyl groups excluding tert-OH is 2. The number of hydrogen-bond donors (Lipinski definition) is 4. The first kappa shape index (κ1) is 48.0. The van der Waals surface area contributed by atoms with E-state index >= 15 is 4.79 Å². The molecule has 66 heavy (non-hydrogen) atoms. The Kier molecular flexibility index (Phi) is 12.6. The molecule has 5 unspecified atom stereocenters. The highest BCUT2D eigenvalue weighted by Crippen LogP contribution is 2.64. The number of ketones is 1. The van der Waals surface area contributed by atoms with Gasteiger partial charge in [-0.25, -0.2) is 9.59 Å². The van der Waals surface area contributed by atoms with Crippen LogP contribution in [0.3, 0.4) is 0 Å². The number of rotatable bonds is 10. The lowest BCUT2D eigenvalue weighted by Crippen LogP contribution is -2.82. The van der Waals surface area contributed by atoms with E-state index in [-0.39, 0.29) is 40.9 Å². The molecule has 3 aromatic carbocycles. The highest BCUT2D eigenvalue weighted by atomic mass is 19.4. The Bertz CT molecular complexity index is 2440. The van der Waals surface area contributed by atoms with Gasteiger partial charge in [-0.1, -0.05) is 62.4 Å². The smallest absolute Gasteiger partial charge is 0.416 e. The molecule has 0 spiro atoms. The third kappa shape index (κ3) is 8.07. The lowest BCUT2D eigenvalue weighted by Gasteiger charge is -2.67. The van der Waals surface area contributed by atoms with Gasteiger partial charge < -0.3 is 44.3 Å². The number of carbonyl (C=O) groups excluding carboxylic acids is 6. The number of fused-ring (bicyclic) bond motifs is 5. The molecule has 0 radical (unpaired) electrons. The molecule has 1 aliphatic heterocycles. The monoisotopic (exact) mass is 921 g/mol. The summed E-state index contributed by atoms with van der Waals surface area (Å²) >= 11 is 0. The molecule has 0 aromatic heterocycles. The molecular weight excluding hydrogens is 872 g/mol. The molecule has 7 rings (SSSR count). The first-order chi connectivity index (χ1) is 30.9. The van der Waals surface area contributed by atoms with Crippen molar-refractivity contribution in [3.63, 3.8) is 0 Å². The lowest BCUT2D eigenvalue weighted by molar-refractivity contribution is -0.346. The molecule has 3 aromatic rings. The number of aliphatic hydroxyl groups is 3. The van der Waals surface area contributed by atoms with Crippen molar-refractivity contribution in [2.45, 2.75) is 114 Å². The molecule has 4 aliphatic rings. The third-order valence-corrected chi connectivity index (χ3v) is 13.9. The van der Waals surface area contributed by atoms with Gasteiger partial charge in [-0.2, -0.15) is 13.2 Å². The normalized spacial score (nSPS) is 30.9. The molecule has 1 saturated heterocycles. The molecule has 2 bridgehead atoms. The fraction of sp³-hybridized carbons (Fsp3) is 0.458. The number of benzene rings is 3. The number of nitrogens with one attached hydrogen (secondary N) is 1. The third-order valence-electron chi connectivity index (χ3n) is 13.9. The van der Waals surface area contributed by atoms with Crippen LogP contribution in [0, 0.1) is 16.7 Å². The van der Waals surface area contributed by atoms with Crippen molar-refractivity contribution in [3.8, 4) is 0 Å². The largest absolute Gasteiger partial charge is 0.456 e. The van der Waals surface area contributed by atoms with Gasteiger partial charge in [0.15, 0.2) is 23.6 Å². The van der Waals surface area contributed by atoms with Crippen molar-refractivity contribution in [2.24, 2.45) is 16.7 Å². The Hall–Kier alpha value is -5.95. The van der Waals surface area contributed by atoms with Crippen LogP contribution in [0.1, 0.15) is 92.3 Å². The minimum Gasteiger partial charge on any atom is -0.456 e. The van der Waals surface area contributed by atoms with Gasteiger partial charge in [0.1, 0.15) is 23.9 Å². The molecule has 2 saturated carbocycles. The summed E-state index contributed by atoms with van der Waals surface area (Å²) in [4.78, 5) is 83.6. The van der Waals surface area contributed by atoms with Crippen LogP contribution in [0.5, 0.6) is 0 Å². The van der Waals surface area contributed by atoms with Crippen LogP contribution in [-0.4, -0.2) is 105 Å². The first-order valence-electron chi connectivity index (χ1n) is 21.2. The number of halogens is 3. The van der Waals surface area contributed by atoms with Crippen molar-refractivity contribution >= 4 is 35.6 Å². The van der Waals surface area contributed by atoms with Crippen molar-refractivity contribution in [2.75, 3.05) is 6.61 Å². The number of Topliss-reactive ketones (excluding diaryl/α,β-unsaturated/α-hetero) is 1. The van der Waals surface area contributed by atoms with Gasteiger partial charge in [-0.15, -0.1) is 0 Å². The highest BCUT2D eigenvalue weighted by molar-refractivity contribution is 5.96. The van der Waals surface area contributed by atoms with Crippen LogP contribution in [0.4, 0.5) is 13.2 Å². The van der Waals surface area contributed by atoms with Crippen LogP contribution < -0.4 is 5.32 Å². The number of alkyl halides is 3. The van der Waals surface area contributed by atoms with Crippen LogP contribution in [0.25, 0.3) is 0 Å². The second-order valence-corrected chi connectivity index (χ2v) is 18.1. The molecular formula is C48H50F3NO14. The van der Waals surface area contributed by atoms with Crippen LogP contribution in [0.15, 0.2) is 96.1 Å². The minimum atomic E-state index is -4.68. The molecule has 18 heteroatoms. The van der Waals surface area contributed by atoms with E-state index in [1.54, 1.807) is 36.4 Å². The van der Waals surface area contributed by atoms with Gasteiger partial charge in [0.05, 0.1) is 41.2 Å². The van der Waals surface area contributed by atoms with E-state index in [1.165, 1.54) is 52.0 Å². The number of hydrogen-bond acceptors (Lipinski definition) is 14. The van der Waals surface area contributed by atoms with E-state index in [4.69, 9.17) is 23.7 Å². The maximum absolute atomic E-state index is 15.5. The molecule has 3 aliphatic carbocycles. The zero-order chi connectivity index (χ0) is 48.3. The SMILES string of the molecule is CC(=O)O[C@H]1C(=O)[C@@]2(C)C(C(OC(=O)c3ccccc3)[C@]3(O)CC(OC(=O)C(O)C(NC(=O)c4ccc(C(F)(F)F)cc4)c4ccccc4)C(C)=C1C3(C)C)[C@]1(OC(C)=O)CO[C@@H]1C[C@@H]2O. The van der Waals surface area contributed by atoms with E-state index in [0.717, 1.165) is 26.0 Å². The maximum atomic E-state index is 15.5. The Morgan fingerprint density at radius 2 is 1.45 bits per heavy atom. The van der Waals surface area contributed by atoms with Crippen molar-refractivity contribution in [1.82, 2.24) is 5.32 Å². The van der Waals surface area contributed by atoms with E-state index in [9.17, 15) is 52.5 Å². The van der Waals surface area contributed by atoms with Gasteiger partial charge in [0.25, 0.3) is 5.91 Å². The predicted molar refractivity (Wildman–Crippen MR) is 223 cm³/mol. The van der Waals surface area contributed by atoms with Gasteiger partial charge in [0.2, 0.25) is 0 Å². The van der Waals surface area contributed by atoms with E-state index in [0.29, 0.717) is 12.1 Å². The number of esters is 4. The standard InChI is InChI=1S/C48H50F3NO14/c1-24-31(64-43(60)36(56)35(27-13-9-7-10-14-27)52-41(58)28-17-19-30(20-18-28)48(49,50)51)22-47(61)40(65-42(59)29-15-11-8-12-16-29)38-45(6,32(55)21-33-46(38,23-62-33)66-26(3)54)39(57)37(63-25(2)53)34(24)44(47,4)5/h7-20,31-33,35-38,40,55-56,61H,21-23H2,1-6H3,(H,52,58)/t31?,32-,33+,35?,36?,37+,38?,40?,45+,46-,47+/m0/s1. The van der Waals surface area contributed by atoms with Gasteiger partial charge in [-0.3, -0.25) is 19.2 Å². The summed E-state index contributed by atoms with van der Waals surface area (Å²) in [5.74, 6) is -7.64. The Labute approximate surface area is 377 Å². The molecule has 352 valence electrons. The second-order valence-electron chi connectivity index (χ2n) is 18.1. The van der Waals surface area contributed by atoms with Crippen molar-refractivity contribution in [3.05, 3.63) is 118 Å². The average Bonchev–Trinajstić information content (AvgIpc) is 3.26. The number of ether oxygens (including phenoxy) is 5. The molecule has 3 fully saturated rings. The van der Waals surface area contributed by atoms with Crippen LogP contribution >= 0.6 is 0 Å². The Balaban J connectivity index is 1.35. The average molecular weight is 922 g/mol. The maximum Gasteiger partial charge on any atom is 0.416 e. The van der Waals surface area contributed by atoms with Crippen molar-refractivity contribution in [1.29, 1.82) is 0 Å². The molecule has 11 atom stereocenters. The van der Waals surface area contributed by atoms with Crippen molar-refractivity contribution < 1.29 is 80.9 Å². The zero-order valence-electron chi connectivity index (χ0n) is 36.8. The Morgan fingerprint density at radius 1 is 0.848 bits per heavy atom. The summed E-state index contributed by atoms with van der Waals surface area (Å²) in [5.41, 5.74) is -9.21. The summed E-state index contributed by atoms with van der Waals surface area (Å²) in [7, 11) is 0. The second kappa shape index (κ2) is 17.4. The summed E-state index contributed by atoms with van der Waals surface area (Å²) in [6.45, 7) is 7.60. The molecule has 15 nitrogen and oxygen atoms in total. The van der Waals surface area contributed by atoms with E-state index in [1.807, 2.05) is 0 Å². The number of amides is 1. The Morgan fingerprint density at radius 3 is 2.00 bits per heavy atom. The van der Waals surface area contributed by atoms with Crippen LogP contribution in [-0.2, 0) is 49.0 Å². The summed E-state index contributed by atoms with van der Waals surface area (Å²) < 4.78 is 70.0.